The van der Waals surface area contributed by atoms with Crippen molar-refractivity contribution >= 4 is 11.6 Å². The first-order valence-electron chi connectivity index (χ1n) is 4.76. The third kappa shape index (κ3) is 3.57. The van der Waals surface area contributed by atoms with Crippen molar-refractivity contribution in [1.82, 2.24) is 10.2 Å². The molecule has 5 heteroatoms. The molecule has 0 bridgehead atoms. The number of nitrogens with two attached hydrogens (primary N) is 1. The molecule has 1 amide bonds. The van der Waals surface area contributed by atoms with E-state index in [4.69, 9.17) is 5.73 Å². The van der Waals surface area contributed by atoms with Crippen LogP contribution in [0, 0.1) is 0 Å². The van der Waals surface area contributed by atoms with Crippen LogP contribution in [0.2, 0.25) is 0 Å². The number of amides is 1. The number of nitrogens with one attached hydrogen (secondary N) is 2. The third-order valence-corrected chi connectivity index (χ3v) is 1.89. The molecule has 1 unspecified atom stereocenters. The third-order valence-electron chi connectivity index (χ3n) is 1.89. The number of nitrogens with zero attached hydrogens (tertiary/aromatic N) is 1. The van der Waals surface area contributed by atoms with E-state index >= 15 is 0 Å². The fourth-order valence-electron chi connectivity index (χ4n) is 1.24. The van der Waals surface area contributed by atoms with Crippen molar-refractivity contribution < 1.29 is 4.79 Å². The van der Waals surface area contributed by atoms with Crippen molar-refractivity contribution in [2.75, 3.05) is 5.32 Å². The molecule has 0 spiro atoms. The molecule has 5 nitrogen and oxygen atoms in total. The second-order valence-electron chi connectivity index (χ2n) is 3.29. The Labute approximate surface area is 83.1 Å². The molecule has 0 aliphatic carbocycles. The van der Waals surface area contributed by atoms with Crippen LogP contribution in [0.15, 0.2) is 12.4 Å². The van der Waals surface area contributed by atoms with Crippen LogP contribution >= 0.6 is 0 Å². The summed E-state index contributed by atoms with van der Waals surface area (Å²) >= 11 is 0. The topological polar surface area (TPSA) is 83.8 Å². The van der Waals surface area contributed by atoms with E-state index in [0.717, 1.165) is 12.8 Å². The first-order chi connectivity index (χ1) is 6.72. The molecule has 1 aromatic rings. The summed E-state index contributed by atoms with van der Waals surface area (Å²) in [5.41, 5.74) is 6.41. The average Bonchev–Trinajstić information content (AvgIpc) is 2.56. The van der Waals surface area contributed by atoms with Crippen LogP contribution in [0.3, 0.4) is 0 Å². The molecular formula is C9H16N4O. The van der Waals surface area contributed by atoms with Crippen molar-refractivity contribution in [3.63, 3.8) is 0 Å². The minimum Gasteiger partial charge on any atom is -0.327 e. The molecule has 1 rings (SSSR count). The largest absolute Gasteiger partial charge is 0.327 e. The maximum atomic E-state index is 11.4. The number of H-pyrrole nitrogens is 1. The quantitative estimate of drug-likeness (QED) is 0.653. The maximum Gasteiger partial charge on any atom is 0.226 e. The van der Waals surface area contributed by atoms with Gasteiger partial charge in [0.15, 0.2) is 0 Å². The highest BCUT2D eigenvalue weighted by Crippen LogP contribution is 2.04. The van der Waals surface area contributed by atoms with E-state index < -0.39 is 0 Å². The number of rotatable bonds is 5. The summed E-state index contributed by atoms with van der Waals surface area (Å²) in [4.78, 5) is 11.4. The van der Waals surface area contributed by atoms with Crippen LogP contribution in [-0.4, -0.2) is 22.1 Å². The number of aromatic nitrogens is 2. The van der Waals surface area contributed by atoms with Crippen LogP contribution in [-0.2, 0) is 4.79 Å². The molecule has 4 N–H and O–H groups in total. The SMILES string of the molecule is CCCC(N)CC(=O)Nc1cn[nH]c1. The Bertz CT molecular complexity index is 270. The maximum absolute atomic E-state index is 11.4. The minimum absolute atomic E-state index is 0.0492. The van der Waals surface area contributed by atoms with E-state index in [9.17, 15) is 4.79 Å². The van der Waals surface area contributed by atoms with Gasteiger partial charge in [-0.05, 0) is 6.42 Å². The standard InChI is InChI=1S/C9H16N4O/c1-2-3-7(10)4-9(14)13-8-5-11-12-6-8/h5-7H,2-4,10H2,1H3,(H,11,12)(H,13,14). The van der Waals surface area contributed by atoms with Crippen molar-refractivity contribution in [3.8, 4) is 0 Å². The van der Waals surface area contributed by atoms with Gasteiger partial charge in [0.2, 0.25) is 5.91 Å². The lowest BCUT2D eigenvalue weighted by atomic mass is 10.1. The highest BCUT2D eigenvalue weighted by Gasteiger charge is 2.08. The predicted molar refractivity (Wildman–Crippen MR) is 54.7 cm³/mol. The first kappa shape index (κ1) is 10.7. The average molecular weight is 196 g/mol. The molecular weight excluding hydrogens is 180 g/mol. The van der Waals surface area contributed by atoms with E-state index in [1.807, 2.05) is 6.92 Å². The van der Waals surface area contributed by atoms with Gasteiger partial charge in [0.25, 0.3) is 0 Å². The van der Waals surface area contributed by atoms with Crippen LogP contribution in [0.1, 0.15) is 26.2 Å². The van der Waals surface area contributed by atoms with E-state index in [-0.39, 0.29) is 11.9 Å². The van der Waals surface area contributed by atoms with Gasteiger partial charge < -0.3 is 11.1 Å². The lowest BCUT2D eigenvalue weighted by molar-refractivity contribution is -0.116. The number of anilines is 1. The van der Waals surface area contributed by atoms with E-state index in [1.54, 1.807) is 12.4 Å². The minimum atomic E-state index is -0.0626. The zero-order valence-electron chi connectivity index (χ0n) is 8.29. The summed E-state index contributed by atoms with van der Waals surface area (Å²) in [6, 6.07) is -0.0492. The number of carbonyl (C=O) groups is 1. The van der Waals surface area contributed by atoms with Gasteiger partial charge >= 0.3 is 0 Å². The van der Waals surface area contributed by atoms with Gasteiger partial charge in [-0.15, -0.1) is 0 Å². The van der Waals surface area contributed by atoms with Gasteiger partial charge in [-0.25, -0.2) is 0 Å². The molecule has 0 aromatic carbocycles. The van der Waals surface area contributed by atoms with Crippen LogP contribution in [0.25, 0.3) is 0 Å². The van der Waals surface area contributed by atoms with E-state index in [1.165, 1.54) is 0 Å². The molecule has 1 atom stereocenters. The normalized spacial score (nSPS) is 12.4. The van der Waals surface area contributed by atoms with Gasteiger partial charge in [-0.2, -0.15) is 5.10 Å². The Morgan fingerprint density at radius 2 is 2.57 bits per heavy atom. The first-order valence-corrected chi connectivity index (χ1v) is 4.76. The molecule has 0 radical (unpaired) electrons. The summed E-state index contributed by atoms with van der Waals surface area (Å²) in [7, 11) is 0. The molecule has 0 fully saturated rings. The smallest absolute Gasteiger partial charge is 0.226 e. The van der Waals surface area contributed by atoms with Crippen molar-refractivity contribution in [2.24, 2.45) is 5.73 Å². The predicted octanol–water partition coefficient (Wildman–Crippen LogP) is 0.866. The van der Waals surface area contributed by atoms with E-state index in [2.05, 4.69) is 15.5 Å². The fraction of sp³-hybridized carbons (Fsp3) is 0.556. The van der Waals surface area contributed by atoms with Gasteiger partial charge in [0.05, 0.1) is 11.9 Å². The molecule has 0 aliphatic rings. The second-order valence-corrected chi connectivity index (χ2v) is 3.29. The Kier molecular flexibility index (Phi) is 4.12. The summed E-state index contributed by atoms with van der Waals surface area (Å²) < 4.78 is 0. The number of hydrogen-bond donors (Lipinski definition) is 3. The van der Waals surface area contributed by atoms with Crippen molar-refractivity contribution in [1.29, 1.82) is 0 Å². The van der Waals surface area contributed by atoms with Gasteiger partial charge in [0.1, 0.15) is 0 Å². The zero-order chi connectivity index (χ0) is 10.4. The molecule has 0 aliphatic heterocycles. The van der Waals surface area contributed by atoms with Crippen molar-refractivity contribution in [3.05, 3.63) is 12.4 Å². The highest BCUT2D eigenvalue weighted by molar-refractivity contribution is 5.90. The molecule has 0 saturated carbocycles. The fourth-order valence-corrected chi connectivity index (χ4v) is 1.24. The summed E-state index contributed by atoms with van der Waals surface area (Å²) in [6.45, 7) is 2.05. The second kappa shape index (κ2) is 5.39. The Hall–Kier alpha value is -1.36. The lowest BCUT2D eigenvalue weighted by Gasteiger charge is -2.09. The number of aromatic amines is 1. The van der Waals surface area contributed by atoms with E-state index in [0.29, 0.717) is 12.1 Å². The summed E-state index contributed by atoms with van der Waals surface area (Å²) in [5.74, 6) is -0.0626. The molecule has 1 heterocycles. The van der Waals surface area contributed by atoms with Crippen molar-refractivity contribution in [2.45, 2.75) is 32.2 Å². The van der Waals surface area contributed by atoms with Crippen LogP contribution < -0.4 is 11.1 Å². The molecule has 0 saturated heterocycles. The molecule has 14 heavy (non-hydrogen) atoms. The Balaban J connectivity index is 2.29. The monoisotopic (exact) mass is 196 g/mol. The Morgan fingerprint density at radius 1 is 1.79 bits per heavy atom. The van der Waals surface area contributed by atoms with Gasteiger partial charge in [-0.1, -0.05) is 13.3 Å². The highest BCUT2D eigenvalue weighted by atomic mass is 16.1. The van der Waals surface area contributed by atoms with Crippen LogP contribution in [0.5, 0.6) is 0 Å². The summed E-state index contributed by atoms with van der Waals surface area (Å²) in [6.07, 6.45) is 5.42. The van der Waals surface area contributed by atoms with Crippen LogP contribution in [0.4, 0.5) is 5.69 Å². The summed E-state index contributed by atoms with van der Waals surface area (Å²) in [5, 5.41) is 9.04. The lowest BCUT2D eigenvalue weighted by Crippen LogP contribution is -2.26. The molecule has 78 valence electrons. The van der Waals surface area contributed by atoms with Gasteiger partial charge in [0, 0.05) is 18.7 Å². The van der Waals surface area contributed by atoms with Gasteiger partial charge in [-0.3, -0.25) is 9.89 Å². The number of hydrogen-bond acceptors (Lipinski definition) is 3. The zero-order valence-corrected chi connectivity index (χ0v) is 8.29. The molecule has 1 aromatic heterocycles. The number of carbonyl (C=O) groups excluding carboxylic acids is 1. The Morgan fingerprint density at radius 3 is 3.14 bits per heavy atom.